The average molecular weight is 341 g/mol. The molecule has 1 aromatic heterocycles. The normalized spacial score (nSPS) is 12.6. The van der Waals surface area contributed by atoms with E-state index in [9.17, 15) is 4.21 Å². The number of halogens is 1. The summed E-state index contributed by atoms with van der Waals surface area (Å²) in [4.78, 5) is 0. The van der Waals surface area contributed by atoms with Crippen molar-refractivity contribution in [3.8, 4) is 0 Å². The van der Waals surface area contributed by atoms with E-state index in [0.29, 0.717) is 11.5 Å². The Morgan fingerprint density at radius 1 is 1.37 bits per heavy atom. The summed E-state index contributed by atoms with van der Waals surface area (Å²) in [5, 5.41) is 4.30. The van der Waals surface area contributed by atoms with Gasteiger partial charge in [0.05, 0.1) is 15.9 Å². The Labute approximate surface area is 124 Å². The second-order valence-corrected chi connectivity index (χ2v) is 6.99. The van der Waals surface area contributed by atoms with E-state index in [4.69, 9.17) is 0 Å². The van der Waals surface area contributed by atoms with E-state index < -0.39 is 10.8 Å². The highest BCUT2D eigenvalue weighted by atomic mass is 79.9. The maximum absolute atomic E-state index is 12.1. The van der Waals surface area contributed by atoms with E-state index in [-0.39, 0.29) is 0 Å². The van der Waals surface area contributed by atoms with Gasteiger partial charge < -0.3 is 0 Å². The van der Waals surface area contributed by atoms with Crippen LogP contribution in [0.3, 0.4) is 0 Å². The van der Waals surface area contributed by atoms with Crippen LogP contribution in [-0.2, 0) is 30.0 Å². The van der Waals surface area contributed by atoms with Gasteiger partial charge in [-0.05, 0) is 40.4 Å². The molecular weight excluding hydrogens is 324 g/mol. The van der Waals surface area contributed by atoms with Gasteiger partial charge in [0.1, 0.15) is 0 Å². The molecule has 0 N–H and O–H groups in total. The largest absolute Gasteiger partial charge is 0.274 e. The van der Waals surface area contributed by atoms with Crippen LogP contribution < -0.4 is 0 Å². The van der Waals surface area contributed by atoms with Gasteiger partial charge in [0.2, 0.25) is 0 Å². The van der Waals surface area contributed by atoms with Gasteiger partial charge in [-0.25, -0.2) is 0 Å². The first kappa shape index (κ1) is 14.5. The summed E-state index contributed by atoms with van der Waals surface area (Å²) in [7, 11) is 0.983. The van der Waals surface area contributed by atoms with Crippen molar-refractivity contribution in [3.05, 3.63) is 51.8 Å². The highest BCUT2D eigenvalue weighted by Gasteiger charge is 2.10. The Hall–Kier alpha value is -0.940. The number of hydrogen-bond acceptors (Lipinski definition) is 2. The first-order valence-corrected chi connectivity index (χ1v) is 8.42. The molecule has 5 heteroatoms. The predicted molar refractivity (Wildman–Crippen MR) is 82.5 cm³/mol. The van der Waals surface area contributed by atoms with Gasteiger partial charge in [-0.3, -0.25) is 8.89 Å². The highest BCUT2D eigenvalue weighted by molar-refractivity contribution is 9.10. The van der Waals surface area contributed by atoms with Crippen LogP contribution in [0.4, 0.5) is 0 Å². The van der Waals surface area contributed by atoms with Gasteiger partial charge in [-0.1, -0.05) is 24.3 Å². The first-order chi connectivity index (χ1) is 9.06. The third-order valence-corrected chi connectivity index (χ3v) is 4.93. The van der Waals surface area contributed by atoms with Gasteiger partial charge in [0.15, 0.2) is 0 Å². The van der Waals surface area contributed by atoms with Crippen LogP contribution in [0.25, 0.3) is 0 Å². The fourth-order valence-corrected chi connectivity index (χ4v) is 3.75. The zero-order valence-electron chi connectivity index (χ0n) is 11.1. The zero-order chi connectivity index (χ0) is 13.8. The van der Waals surface area contributed by atoms with E-state index in [0.717, 1.165) is 16.6 Å². The quantitative estimate of drug-likeness (QED) is 0.838. The number of nitrogens with zero attached hydrogens (tertiary/aromatic N) is 2. The molecule has 1 heterocycles. The highest BCUT2D eigenvalue weighted by Crippen LogP contribution is 2.16. The van der Waals surface area contributed by atoms with Gasteiger partial charge in [0.25, 0.3) is 0 Å². The number of benzene rings is 1. The Morgan fingerprint density at radius 2 is 2.11 bits per heavy atom. The zero-order valence-corrected chi connectivity index (χ0v) is 13.5. The summed E-state index contributed by atoms with van der Waals surface area (Å²) in [5.41, 5.74) is 3.40. The molecule has 0 saturated carbocycles. The van der Waals surface area contributed by atoms with Gasteiger partial charge in [-0.2, -0.15) is 5.10 Å². The van der Waals surface area contributed by atoms with Gasteiger partial charge >= 0.3 is 0 Å². The molecule has 3 nitrogen and oxygen atoms in total. The smallest absolute Gasteiger partial charge is 0.0891 e. The summed E-state index contributed by atoms with van der Waals surface area (Å²) in [6, 6.07) is 8.25. The molecule has 0 amide bonds. The Bertz CT molecular complexity index is 595. The van der Waals surface area contributed by atoms with Crippen LogP contribution >= 0.6 is 15.9 Å². The molecule has 1 atom stereocenters. The number of rotatable bonds is 5. The van der Waals surface area contributed by atoms with Crippen molar-refractivity contribution in [1.29, 1.82) is 0 Å². The van der Waals surface area contributed by atoms with Crippen molar-refractivity contribution < 1.29 is 4.21 Å². The minimum atomic E-state index is -0.883. The topological polar surface area (TPSA) is 34.9 Å². The van der Waals surface area contributed by atoms with Crippen molar-refractivity contribution in [1.82, 2.24) is 9.78 Å². The standard InChI is InChI=1S/C14H17BrN2OS/c1-11-5-3-4-6-12(11)7-8-19(18)10-14-13(15)9-17(2)16-14/h3-6,9H,7-8,10H2,1-2H3. The lowest BCUT2D eigenvalue weighted by molar-refractivity contribution is 0.679. The maximum Gasteiger partial charge on any atom is 0.0891 e. The van der Waals surface area contributed by atoms with E-state index in [1.165, 1.54) is 11.1 Å². The van der Waals surface area contributed by atoms with Gasteiger partial charge in [-0.15, -0.1) is 0 Å². The van der Waals surface area contributed by atoms with Crippen LogP contribution in [0.15, 0.2) is 34.9 Å². The Kier molecular flexibility index (Phi) is 4.93. The predicted octanol–water partition coefficient (Wildman–Crippen LogP) is 2.98. The minimum absolute atomic E-state index is 0.507. The van der Waals surface area contributed by atoms with Crippen LogP contribution in [0.5, 0.6) is 0 Å². The Balaban J connectivity index is 1.92. The van der Waals surface area contributed by atoms with Crippen LogP contribution in [-0.4, -0.2) is 19.7 Å². The van der Waals surface area contributed by atoms with Crippen molar-refractivity contribution in [3.63, 3.8) is 0 Å². The molecule has 0 fully saturated rings. The molecule has 0 aliphatic heterocycles. The van der Waals surface area contributed by atoms with E-state index in [1.54, 1.807) is 4.68 Å². The molecule has 0 spiro atoms. The van der Waals surface area contributed by atoms with Gasteiger partial charge in [0, 0.05) is 29.8 Å². The molecule has 19 heavy (non-hydrogen) atoms. The molecule has 1 unspecified atom stereocenters. The lowest BCUT2D eigenvalue weighted by Gasteiger charge is -2.05. The van der Waals surface area contributed by atoms with Crippen LogP contribution in [0.1, 0.15) is 16.8 Å². The fourth-order valence-electron chi connectivity index (χ4n) is 1.94. The number of aryl methyl sites for hydroxylation is 3. The summed E-state index contributed by atoms with van der Waals surface area (Å²) in [6.45, 7) is 2.09. The average Bonchev–Trinajstić information content (AvgIpc) is 2.67. The molecule has 0 aliphatic carbocycles. The molecule has 0 radical (unpaired) electrons. The van der Waals surface area contributed by atoms with Crippen molar-refractivity contribution in [2.45, 2.75) is 19.1 Å². The number of aromatic nitrogens is 2. The van der Waals surface area contributed by atoms with E-state index in [1.807, 2.05) is 25.4 Å². The molecule has 102 valence electrons. The molecule has 0 aliphatic rings. The second kappa shape index (κ2) is 6.48. The monoisotopic (exact) mass is 340 g/mol. The summed E-state index contributed by atoms with van der Waals surface area (Å²) in [6.07, 6.45) is 2.73. The summed E-state index contributed by atoms with van der Waals surface area (Å²) >= 11 is 3.44. The fraction of sp³-hybridized carbons (Fsp3) is 0.357. The summed E-state index contributed by atoms with van der Waals surface area (Å²) < 4.78 is 14.8. The van der Waals surface area contributed by atoms with Crippen LogP contribution in [0.2, 0.25) is 0 Å². The van der Waals surface area contributed by atoms with Crippen LogP contribution in [0, 0.1) is 6.92 Å². The van der Waals surface area contributed by atoms with E-state index >= 15 is 0 Å². The lowest BCUT2D eigenvalue weighted by atomic mass is 10.1. The molecule has 0 bridgehead atoms. The van der Waals surface area contributed by atoms with Crippen molar-refractivity contribution in [2.24, 2.45) is 7.05 Å². The number of hydrogen-bond donors (Lipinski definition) is 0. The lowest BCUT2D eigenvalue weighted by Crippen LogP contribution is -2.06. The molecule has 2 aromatic rings. The Morgan fingerprint density at radius 3 is 2.74 bits per heavy atom. The first-order valence-electron chi connectivity index (χ1n) is 6.14. The SMILES string of the molecule is Cc1ccccc1CCS(=O)Cc1nn(C)cc1Br. The van der Waals surface area contributed by atoms with Crippen molar-refractivity contribution >= 4 is 26.7 Å². The maximum atomic E-state index is 12.1. The van der Waals surface area contributed by atoms with Crippen molar-refractivity contribution in [2.75, 3.05) is 5.75 Å². The molecular formula is C14H17BrN2OS. The second-order valence-electron chi connectivity index (χ2n) is 4.56. The molecule has 1 aromatic carbocycles. The minimum Gasteiger partial charge on any atom is -0.274 e. The molecule has 0 saturated heterocycles. The third kappa shape index (κ3) is 4.01. The van der Waals surface area contributed by atoms with E-state index in [2.05, 4.69) is 40.1 Å². The third-order valence-electron chi connectivity index (χ3n) is 3.01. The summed E-state index contributed by atoms with van der Waals surface area (Å²) in [5.74, 6) is 1.18. The molecule has 2 rings (SSSR count).